The topological polar surface area (TPSA) is 80.4 Å². The molecule has 0 saturated heterocycles. The van der Waals surface area contributed by atoms with Crippen LogP contribution in [-0.2, 0) is 14.4 Å². The lowest BCUT2D eigenvalue weighted by Gasteiger charge is -2.23. The van der Waals surface area contributed by atoms with Crippen LogP contribution in [0.2, 0.25) is 15.1 Å². The van der Waals surface area contributed by atoms with E-state index >= 15 is 0 Å². The highest BCUT2D eigenvalue weighted by molar-refractivity contribution is 6.40. The van der Waals surface area contributed by atoms with Gasteiger partial charge in [-0.1, -0.05) is 34.8 Å². The van der Waals surface area contributed by atoms with Crippen LogP contribution < -0.4 is 5.06 Å². The Bertz CT molecular complexity index is 824. The lowest BCUT2D eigenvalue weighted by Crippen LogP contribution is -2.32. The van der Waals surface area contributed by atoms with E-state index in [1.54, 1.807) is 0 Å². The van der Waals surface area contributed by atoms with Crippen molar-refractivity contribution in [3.63, 3.8) is 0 Å². The summed E-state index contributed by atoms with van der Waals surface area (Å²) in [6.07, 6.45) is 0.431. The fraction of sp³-hybridized carbons (Fsp3) is 0.267. The first-order valence-corrected chi connectivity index (χ1v) is 8.04. The number of hydroxylamine groups is 1. The maximum Gasteiger partial charge on any atom is 0.337 e. The summed E-state index contributed by atoms with van der Waals surface area (Å²) in [5, 5.41) is 15.5. The molecule has 7 nitrogen and oxygen atoms in total. The number of benzene rings is 1. The highest BCUT2D eigenvalue weighted by Gasteiger charge is 2.24. The van der Waals surface area contributed by atoms with Gasteiger partial charge in [0.05, 0.1) is 23.4 Å². The van der Waals surface area contributed by atoms with E-state index in [1.807, 2.05) is 6.07 Å². The van der Waals surface area contributed by atoms with Crippen molar-refractivity contribution in [1.29, 1.82) is 5.26 Å². The Morgan fingerprint density at radius 1 is 1.36 bits per heavy atom. The van der Waals surface area contributed by atoms with Gasteiger partial charge in [-0.2, -0.15) is 10.4 Å². The number of hydrogen-bond acceptors (Lipinski definition) is 6. The number of anilines is 1. The molecule has 0 fully saturated rings. The molecular formula is C15H13Cl3N4O3. The van der Waals surface area contributed by atoms with Gasteiger partial charge in [-0.3, -0.25) is 4.84 Å². The number of nitrogens with zero attached hydrogens (tertiary/aromatic N) is 4. The van der Waals surface area contributed by atoms with Crippen molar-refractivity contribution >= 4 is 46.6 Å². The summed E-state index contributed by atoms with van der Waals surface area (Å²) in [6, 6.07) is 5.00. The minimum atomic E-state index is -0.902. The van der Waals surface area contributed by atoms with Crippen LogP contribution in [0.1, 0.15) is 12.5 Å². The molecule has 132 valence electrons. The van der Waals surface area contributed by atoms with E-state index in [4.69, 9.17) is 39.6 Å². The van der Waals surface area contributed by atoms with Crippen molar-refractivity contribution in [2.45, 2.75) is 13.0 Å². The van der Waals surface area contributed by atoms with Crippen molar-refractivity contribution in [2.75, 3.05) is 19.2 Å². The van der Waals surface area contributed by atoms with E-state index in [2.05, 4.69) is 9.84 Å². The summed E-state index contributed by atoms with van der Waals surface area (Å²) < 4.78 is 5.96. The predicted octanol–water partition coefficient (Wildman–Crippen LogP) is 3.63. The van der Waals surface area contributed by atoms with E-state index in [0.717, 1.165) is 0 Å². The second kappa shape index (κ2) is 7.93. The molecular weight excluding hydrogens is 391 g/mol. The fourth-order valence-corrected chi connectivity index (χ4v) is 3.10. The molecule has 0 spiro atoms. The second-order valence-corrected chi connectivity index (χ2v) is 6.14. The number of carbonyl (C=O) groups excluding carboxylic acids is 1. The van der Waals surface area contributed by atoms with Gasteiger partial charge in [-0.15, -0.1) is 0 Å². The van der Waals surface area contributed by atoms with Crippen LogP contribution in [0.15, 0.2) is 18.3 Å². The number of rotatable bonds is 5. The molecule has 0 radical (unpaired) electrons. The average Bonchev–Trinajstić information content (AvgIpc) is 2.96. The van der Waals surface area contributed by atoms with E-state index in [1.165, 1.54) is 49.2 Å². The zero-order valence-electron chi connectivity index (χ0n) is 13.5. The second-order valence-electron chi connectivity index (χ2n) is 4.89. The van der Waals surface area contributed by atoms with Crippen LogP contribution in [0.3, 0.4) is 0 Å². The van der Waals surface area contributed by atoms with E-state index in [-0.39, 0.29) is 21.4 Å². The molecule has 1 heterocycles. The van der Waals surface area contributed by atoms with Crippen LogP contribution in [0.5, 0.6) is 0 Å². The Labute approximate surface area is 159 Å². The Kier molecular flexibility index (Phi) is 6.14. The van der Waals surface area contributed by atoms with Gasteiger partial charge in [-0.05, 0) is 19.1 Å². The van der Waals surface area contributed by atoms with Crippen LogP contribution in [0.25, 0.3) is 5.69 Å². The van der Waals surface area contributed by atoms with Crippen LogP contribution in [0, 0.1) is 11.3 Å². The Morgan fingerprint density at radius 3 is 2.48 bits per heavy atom. The van der Waals surface area contributed by atoms with Crippen molar-refractivity contribution in [3.8, 4) is 11.8 Å². The number of halogens is 3. The molecule has 1 aromatic carbocycles. The van der Waals surface area contributed by atoms with Gasteiger partial charge in [0.25, 0.3) is 0 Å². The first kappa shape index (κ1) is 19.3. The van der Waals surface area contributed by atoms with Gasteiger partial charge in [0.1, 0.15) is 17.3 Å². The number of ether oxygens (including phenoxy) is 1. The molecule has 0 aliphatic heterocycles. The van der Waals surface area contributed by atoms with Crippen molar-refractivity contribution < 1.29 is 14.4 Å². The smallest absolute Gasteiger partial charge is 0.337 e. The zero-order valence-corrected chi connectivity index (χ0v) is 15.7. The van der Waals surface area contributed by atoms with Crippen LogP contribution in [0.4, 0.5) is 5.82 Å². The number of aromatic nitrogens is 2. The number of hydrogen-bond donors (Lipinski definition) is 0. The third kappa shape index (κ3) is 3.99. The minimum absolute atomic E-state index is 0.196. The largest absolute Gasteiger partial charge is 0.467 e. The summed E-state index contributed by atoms with van der Waals surface area (Å²) >= 11 is 18.4. The lowest BCUT2D eigenvalue weighted by atomic mass is 10.3. The standard InChI is InChI=1S/C15H13Cl3N4O3/c1-8(15(23)24-3)25-21(2)14-9(6-19)7-20-22(14)13-11(17)4-10(16)5-12(13)18/h4-5,7-8H,1-3H3. The van der Waals surface area contributed by atoms with Crippen molar-refractivity contribution in [2.24, 2.45) is 0 Å². The van der Waals surface area contributed by atoms with Crippen LogP contribution >= 0.6 is 34.8 Å². The van der Waals surface area contributed by atoms with Gasteiger partial charge >= 0.3 is 5.97 Å². The molecule has 1 atom stereocenters. The fourth-order valence-electron chi connectivity index (χ4n) is 2.12. The maximum atomic E-state index is 11.6. The molecule has 0 N–H and O–H groups in total. The van der Waals surface area contributed by atoms with Gasteiger partial charge in [-0.25, -0.2) is 14.5 Å². The zero-order chi connectivity index (χ0) is 18.7. The highest BCUT2D eigenvalue weighted by Crippen LogP contribution is 2.35. The summed E-state index contributed by atoms with van der Waals surface area (Å²) in [6.45, 7) is 1.51. The number of carbonyl (C=O) groups is 1. The molecule has 10 heteroatoms. The summed E-state index contributed by atoms with van der Waals surface area (Å²) in [4.78, 5) is 17.0. The van der Waals surface area contributed by atoms with Gasteiger partial charge < -0.3 is 4.74 Å². The number of esters is 1. The van der Waals surface area contributed by atoms with Crippen molar-refractivity contribution in [1.82, 2.24) is 9.78 Å². The number of methoxy groups -OCH3 is 1. The molecule has 0 saturated carbocycles. The van der Waals surface area contributed by atoms with E-state index < -0.39 is 12.1 Å². The monoisotopic (exact) mass is 402 g/mol. The van der Waals surface area contributed by atoms with E-state index in [9.17, 15) is 10.1 Å². The molecule has 0 bridgehead atoms. The predicted molar refractivity (Wildman–Crippen MR) is 94.3 cm³/mol. The van der Waals surface area contributed by atoms with E-state index in [0.29, 0.717) is 10.7 Å². The summed E-state index contributed by atoms with van der Waals surface area (Å²) in [7, 11) is 2.77. The Morgan fingerprint density at radius 2 is 1.96 bits per heavy atom. The molecule has 2 rings (SSSR count). The first-order valence-electron chi connectivity index (χ1n) is 6.91. The lowest BCUT2D eigenvalue weighted by molar-refractivity contribution is -0.153. The SMILES string of the molecule is COC(=O)C(C)ON(C)c1c(C#N)cnn1-c1c(Cl)cc(Cl)cc1Cl. The van der Waals surface area contributed by atoms with Gasteiger partial charge in [0.15, 0.2) is 11.9 Å². The molecule has 0 aliphatic carbocycles. The Hall–Kier alpha value is -1.98. The maximum absolute atomic E-state index is 11.6. The highest BCUT2D eigenvalue weighted by atomic mass is 35.5. The van der Waals surface area contributed by atoms with Gasteiger partial charge in [0.2, 0.25) is 0 Å². The quantitative estimate of drug-likeness (QED) is 0.560. The molecule has 0 aliphatic rings. The summed E-state index contributed by atoms with van der Waals surface area (Å²) in [5.74, 6) is -0.330. The molecule has 1 unspecified atom stereocenters. The third-order valence-corrected chi connectivity index (χ3v) is 4.00. The Balaban J connectivity index is 2.52. The minimum Gasteiger partial charge on any atom is -0.467 e. The van der Waals surface area contributed by atoms with Crippen molar-refractivity contribution in [3.05, 3.63) is 39.0 Å². The average molecular weight is 404 g/mol. The normalized spacial score (nSPS) is 11.7. The molecule has 25 heavy (non-hydrogen) atoms. The molecule has 1 aromatic heterocycles. The van der Waals surface area contributed by atoms with Gasteiger partial charge in [0, 0.05) is 12.1 Å². The molecule has 0 amide bonds. The molecule has 2 aromatic rings. The van der Waals surface area contributed by atoms with Crippen LogP contribution in [-0.4, -0.2) is 36.0 Å². The summed E-state index contributed by atoms with van der Waals surface area (Å²) in [5.41, 5.74) is 0.520. The number of nitriles is 1. The third-order valence-electron chi connectivity index (χ3n) is 3.21. The first-order chi connectivity index (χ1) is 11.8.